The van der Waals surface area contributed by atoms with Crippen LogP contribution in [0.4, 0.5) is 0 Å². The Hall–Kier alpha value is -1.99. The zero-order valence-corrected chi connectivity index (χ0v) is 12.8. The van der Waals surface area contributed by atoms with Crippen LogP contribution in [-0.2, 0) is 4.74 Å². The first-order valence-corrected chi connectivity index (χ1v) is 7.45. The highest BCUT2D eigenvalue weighted by molar-refractivity contribution is 6.06. The molecule has 0 spiro atoms. The van der Waals surface area contributed by atoms with Gasteiger partial charge in [0.05, 0.1) is 23.3 Å². The lowest BCUT2D eigenvalue weighted by atomic mass is 9.99. The summed E-state index contributed by atoms with van der Waals surface area (Å²) < 4.78 is 10.3. The van der Waals surface area contributed by atoms with Crippen molar-refractivity contribution in [2.24, 2.45) is 0 Å². The molecular weight excluding hydrogens is 284 g/mol. The quantitative estimate of drug-likeness (QED) is 0.801. The van der Waals surface area contributed by atoms with Crippen LogP contribution < -0.4 is 10.6 Å². The van der Waals surface area contributed by atoms with Crippen LogP contribution in [0.3, 0.4) is 0 Å². The van der Waals surface area contributed by atoms with Gasteiger partial charge in [-0.2, -0.15) is 0 Å². The Labute approximate surface area is 128 Å². The van der Waals surface area contributed by atoms with E-state index in [2.05, 4.69) is 20.8 Å². The van der Waals surface area contributed by atoms with Gasteiger partial charge in [-0.25, -0.2) is 4.98 Å². The fourth-order valence-corrected chi connectivity index (χ4v) is 2.80. The van der Waals surface area contributed by atoms with Crippen LogP contribution in [0.25, 0.3) is 11.1 Å². The van der Waals surface area contributed by atoms with E-state index in [0.717, 1.165) is 36.3 Å². The van der Waals surface area contributed by atoms with Crippen LogP contribution in [0, 0.1) is 6.92 Å². The second-order valence-corrected chi connectivity index (χ2v) is 5.50. The first kappa shape index (κ1) is 14.9. The van der Waals surface area contributed by atoms with Crippen LogP contribution in [-0.4, -0.2) is 49.4 Å². The van der Waals surface area contributed by atoms with Gasteiger partial charge in [0.1, 0.15) is 0 Å². The zero-order valence-electron chi connectivity index (χ0n) is 12.8. The molecule has 118 valence electrons. The lowest BCUT2D eigenvalue weighted by molar-refractivity contribution is 0.0938. The predicted molar refractivity (Wildman–Crippen MR) is 81.0 cm³/mol. The number of methoxy groups -OCH3 is 1. The third-order valence-electron chi connectivity index (χ3n) is 3.88. The van der Waals surface area contributed by atoms with Crippen molar-refractivity contribution in [1.29, 1.82) is 0 Å². The summed E-state index contributed by atoms with van der Waals surface area (Å²) in [5.41, 5.74) is 2.56. The lowest BCUT2D eigenvalue weighted by Gasteiger charge is -2.09. The van der Waals surface area contributed by atoms with E-state index in [-0.39, 0.29) is 11.8 Å². The molecule has 0 saturated carbocycles. The number of ether oxygens (including phenoxy) is 1. The Morgan fingerprint density at radius 2 is 2.45 bits per heavy atom. The molecule has 1 unspecified atom stereocenters. The van der Waals surface area contributed by atoms with E-state index >= 15 is 0 Å². The molecule has 22 heavy (non-hydrogen) atoms. The second kappa shape index (κ2) is 6.41. The fourth-order valence-electron chi connectivity index (χ4n) is 2.80. The molecule has 1 fully saturated rings. The fraction of sp³-hybridized carbons (Fsp3) is 0.533. The van der Waals surface area contributed by atoms with Crippen LogP contribution in [0.1, 0.15) is 34.1 Å². The van der Waals surface area contributed by atoms with Crippen molar-refractivity contribution in [2.75, 3.05) is 33.4 Å². The van der Waals surface area contributed by atoms with E-state index in [0.29, 0.717) is 24.4 Å². The number of carbonyl (C=O) groups excluding carboxylic acids is 1. The summed E-state index contributed by atoms with van der Waals surface area (Å²) in [6.45, 7) is 4.57. The number of nitrogens with one attached hydrogen (secondary N) is 2. The average Bonchev–Trinajstić information content (AvgIpc) is 3.14. The first-order chi connectivity index (χ1) is 10.7. The van der Waals surface area contributed by atoms with E-state index in [1.807, 2.05) is 6.92 Å². The number of hydrogen-bond donors (Lipinski definition) is 2. The maximum Gasteiger partial charge on any atom is 0.259 e. The number of amides is 1. The molecule has 0 aromatic carbocycles. The maximum atomic E-state index is 12.5. The molecule has 3 rings (SSSR count). The Morgan fingerprint density at radius 1 is 1.59 bits per heavy atom. The van der Waals surface area contributed by atoms with Crippen molar-refractivity contribution >= 4 is 17.0 Å². The number of rotatable bonds is 5. The van der Waals surface area contributed by atoms with Crippen molar-refractivity contribution in [1.82, 2.24) is 20.8 Å². The van der Waals surface area contributed by atoms with Crippen LogP contribution in [0.15, 0.2) is 10.6 Å². The molecule has 1 aliphatic rings. The number of fused-ring (bicyclic) bond motifs is 1. The normalized spacial score (nSPS) is 18.0. The van der Waals surface area contributed by atoms with Crippen molar-refractivity contribution in [2.45, 2.75) is 19.3 Å². The van der Waals surface area contributed by atoms with Crippen molar-refractivity contribution in [3.63, 3.8) is 0 Å². The van der Waals surface area contributed by atoms with Crippen molar-refractivity contribution in [3.8, 4) is 0 Å². The number of carbonyl (C=O) groups is 1. The summed E-state index contributed by atoms with van der Waals surface area (Å²) in [6.07, 6.45) is 0.986. The van der Waals surface area contributed by atoms with E-state index in [1.165, 1.54) is 0 Å². The summed E-state index contributed by atoms with van der Waals surface area (Å²) in [4.78, 5) is 16.8. The minimum atomic E-state index is -0.150. The second-order valence-electron chi connectivity index (χ2n) is 5.50. The summed E-state index contributed by atoms with van der Waals surface area (Å²) in [6, 6.07) is 1.79. The van der Waals surface area contributed by atoms with Gasteiger partial charge in [-0.1, -0.05) is 5.16 Å². The molecule has 1 saturated heterocycles. The molecule has 1 aliphatic heterocycles. The molecular formula is C15H20N4O3. The van der Waals surface area contributed by atoms with Gasteiger partial charge in [-0.3, -0.25) is 4.79 Å². The molecule has 0 radical (unpaired) electrons. The standard InChI is InChI=1S/C15H20N4O3/c1-9-7-11(14(20)17-5-6-21-2)12-13(10-3-4-16-8-10)19-22-15(12)18-9/h7,10,16H,3-6,8H2,1-2H3,(H,17,20). The van der Waals surface area contributed by atoms with Gasteiger partial charge in [0.25, 0.3) is 11.6 Å². The Kier molecular flexibility index (Phi) is 4.35. The number of nitrogens with zero attached hydrogens (tertiary/aromatic N) is 2. The SMILES string of the molecule is COCCNC(=O)c1cc(C)nc2onc(C3CCNC3)c12. The molecule has 2 N–H and O–H groups in total. The number of pyridine rings is 1. The highest BCUT2D eigenvalue weighted by atomic mass is 16.5. The molecule has 2 aromatic rings. The van der Waals surface area contributed by atoms with E-state index in [9.17, 15) is 4.79 Å². The van der Waals surface area contributed by atoms with E-state index in [4.69, 9.17) is 9.26 Å². The van der Waals surface area contributed by atoms with Gasteiger partial charge < -0.3 is 19.9 Å². The highest BCUT2D eigenvalue weighted by Crippen LogP contribution is 2.30. The monoisotopic (exact) mass is 304 g/mol. The van der Waals surface area contributed by atoms with Crippen LogP contribution >= 0.6 is 0 Å². The van der Waals surface area contributed by atoms with Gasteiger partial charge >= 0.3 is 0 Å². The summed E-state index contributed by atoms with van der Waals surface area (Å²) in [5.74, 6) is 0.110. The van der Waals surface area contributed by atoms with Crippen LogP contribution in [0.2, 0.25) is 0 Å². The average molecular weight is 304 g/mol. The molecule has 1 atom stereocenters. The number of aromatic nitrogens is 2. The molecule has 2 aromatic heterocycles. The van der Waals surface area contributed by atoms with E-state index < -0.39 is 0 Å². The van der Waals surface area contributed by atoms with Gasteiger partial charge in [-0.05, 0) is 26.0 Å². The largest absolute Gasteiger partial charge is 0.383 e. The third kappa shape index (κ3) is 2.82. The van der Waals surface area contributed by atoms with Crippen molar-refractivity contribution in [3.05, 3.63) is 23.0 Å². The smallest absolute Gasteiger partial charge is 0.259 e. The van der Waals surface area contributed by atoms with Gasteiger partial charge in [0.15, 0.2) is 0 Å². The summed E-state index contributed by atoms with van der Waals surface area (Å²) in [5, 5.41) is 11.1. The topological polar surface area (TPSA) is 89.3 Å². The predicted octanol–water partition coefficient (Wildman–Crippen LogP) is 0.984. The van der Waals surface area contributed by atoms with E-state index in [1.54, 1.807) is 13.2 Å². The van der Waals surface area contributed by atoms with Crippen LogP contribution in [0.5, 0.6) is 0 Å². The summed E-state index contributed by atoms with van der Waals surface area (Å²) >= 11 is 0. The molecule has 7 heteroatoms. The number of hydrogen-bond acceptors (Lipinski definition) is 6. The molecule has 7 nitrogen and oxygen atoms in total. The zero-order chi connectivity index (χ0) is 15.5. The number of aryl methyl sites for hydroxylation is 1. The Morgan fingerprint density at radius 3 is 3.18 bits per heavy atom. The van der Waals surface area contributed by atoms with Gasteiger partial charge in [0.2, 0.25) is 0 Å². The lowest BCUT2D eigenvalue weighted by Crippen LogP contribution is -2.27. The maximum absolute atomic E-state index is 12.5. The van der Waals surface area contributed by atoms with Crippen molar-refractivity contribution < 1.29 is 14.1 Å². The minimum Gasteiger partial charge on any atom is -0.383 e. The molecule has 1 amide bonds. The molecule has 3 heterocycles. The first-order valence-electron chi connectivity index (χ1n) is 7.45. The summed E-state index contributed by atoms with van der Waals surface area (Å²) in [7, 11) is 1.60. The van der Waals surface area contributed by atoms with Gasteiger partial charge in [0, 0.05) is 31.8 Å². The minimum absolute atomic E-state index is 0.150. The van der Waals surface area contributed by atoms with Gasteiger partial charge in [-0.15, -0.1) is 0 Å². The molecule has 0 aliphatic carbocycles. The Bertz CT molecular complexity index is 677. The Balaban J connectivity index is 1.99. The highest BCUT2D eigenvalue weighted by Gasteiger charge is 2.27. The molecule has 0 bridgehead atoms. The third-order valence-corrected chi connectivity index (χ3v) is 3.88.